The van der Waals surface area contributed by atoms with E-state index < -0.39 is 0 Å². The largest absolute Gasteiger partial charge is 0.271 e. The number of hydrazine groups is 1. The molecule has 5 heteroatoms. The zero-order chi connectivity index (χ0) is 15.6. The van der Waals surface area contributed by atoms with Gasteiger partial charge in [0.25, 0.3) is 0 Å². The van der Waals surface area contributed by atoms with Crippen molar-refractivity contribution in [2.24, 2.45) is 5.84 Å². The first kappa shape index (κ1) is 16.2. The summed E-state index contributed by atoms with van der Waals surface area (Å²) in [5.41, 5.74) is 5.85. The minimum atomic E-state index is -0.357. The summed E-state index contributed by atoms with van der Waals surface area (Å²) >= 11 is 12.1. The summed E-state index contributed by atoms with van der Waals surface area (Å²) in [5.74, 6) is 5.36. The Hall–Kier alpha value is -1.13. The summed E-state index contributed by atoms with van der Waals surface area (Å²) in [7, 11) is 0. The Kier molecular flexibility index (Phi) is 5.22. The fraction of sp³-hybridized carbons (Fsp3) is 0.250. The Bertz CT molecular complexity index is 636. The molecule has 2 rings (SSSR count). The molecule has 0 radical (unpaired) electrons. The van der Waals surface area contributed by atoms with Crippen LogP contribution in [0.5, 0.6) is 0 Å². The van der Waals surface area contributed by atoms with E-state index in [2.05, 4.69) is 5.43 Å². The summed E-state index contributed by atoms with van der Waals surface area (Å²) in [5, 5.41) is 1.12. The first-order valence-electron chi connectivity index (χ1n) is 6.59. The second-order valence-electron chi connectivity index (χ2n) is 5.14. The Morgan fingerprint density at radius 1 is 1.19 bits per heavy atom. The van der Waals surface area contributed by atoms with Crippen molar-refractivity contribution < 1.29 is 4.39 Å². The number of benzene rings is 2. The quantitative estimate of drug-likeness (QED) is 0.641. The predicted octanol–water partition coefficient (Wildman–Crippen LogP) is 4.50. The number of nitrogens with one attached hydrogen (secondary N) is 1. The minimum Gasteiger partial charge on any atom is -0.271 e. The van der Waals surface area contributed by atoms with E-state index in [1.165, 1.54) is 6.07 Å². The van der Waals surface area contributed by atoms with E-state index in [9.17, 15) is 4.39 Å². The maximum atomic E-state index is 14.3. The highest BCUT2D eigenvalue weighted by molar-refractivity contribution is 6.35. The molecule has 0 saturated carbocycles. The molecule has 0 aliphatic heterocycles. The van der Waals surface area contributed by atoms with E-state index in [0.29, 0.717) is 22.0 Å². The third kappa shape index (κ3) is 3.74. The molecule has 0 aliphatic rings. The van der Waals surface area contributed by atoms with E-state index >= 15 is 0 Å². The molecule has 21 heavy (non-hydrogen) atoms. The van der Waals surface area contributed by atoms with Crippen molar-refractivity contribution in [3.8, 4) is 0 Å². The first-order valence-corrected chi connectivity index (χ1v) is 7.34. The van der Waals surface area contributed by atoms with Gasteiger partial charge in [-0.25, -0.2) is 4.39 Å². The third-order valence-electron chi connectivity index (χ3n) is 3.47. The van der Waals surface area contributed by atoms with Crippen LogP contribution in [0.2, 0.25) is 10.0 Å². The second kappa shape index (κ2) is 6.75. The van der Waals surface area contributed by atoms with Crippen LogP contribution in [0.25, 0.3) is 0 Å². The summed E-state index contributed by atoms with van der Waals surface area (Å²) < 4.78 is 14.3. The molecule has 0 fully saturated rings. The highest BCUT2D eigenvalue weighted by Gasteiger charge is 2.19. The van der Waals surface area contributed by atoms with Gasteiger partial charge in [-0.1, -0.05) is 35.3 Å². The average molecular weight is 327 g/mol. The van der Waals surface area contributed by atoms with Crippen LogP contribution in [0.3, 0.4) is 0 Å². The van der Waals surface area contributed by atoms with Gasteiger partial charge in [-0.15, -0.1) is 0 Å². The van der Waals surface area contributed by atoms with Gasteiger partial charge in [0.05, 0.1) is 6.04 Å². The van der Waals surface area contributed by atoms with E-state index in [0.717, 1.165) is 16.7 Å². The first-order chi connectivity index (χ1) is 9.92. The molecule has 0 spiro atoms. The van der Waals surface area contributed by atoms with Crippen molar-refractivity contribution in [3.63, 3.8) is 0 Å². The van der Waals surface area contributed by atoms with Crippen LogP contribution in [-0.4, -0.2) is 0 Å². The molecular formula is C16H17Cl2FN2. The summed E-state index contributed by atoms with van der Waals surface area (Å²) in [4.78, 5) is 0. The van der Waals surface area contributed by atoms with E-state index in [-0.39, 0.29) is 11.9 Å². The van der Waals surface area contributed by atoms with Gasteiger partial charge in [0.1, 0.15) is 5.82 Å². The molecule has 2 aromatic rings. The van der Waals surface area contributed by atoms with Gasteiger partial charge in [-0.05, 0) is 55.2 Å². The molecule has 0 aliphatic carbocycles. The van der Waals surface area contributed by atoms with Gasteiger partial charge in [0.15, 0.2) is 0 Å². The summed E-state index contributed by atoms with van der Waals surface area (Å²) in [6.07, 6.45) is 0.479. The number of rotatable bonds is 4. The molecule has 2 aromatic carbocycles. The maximum Gasteiger partial charge on any atom is 0.128 e. The van der Waals surface area contributed by atoms with Gasteiger partial charge in [0, 0.05) is 15.6 Å². The van der Waals surface area contributed by atoms with Crippen LogP contribution in [0, 0.1) is 19.7 Å². The Labute approximate surface area is 134 Å². The number of nitrogens with two attached hydrogens (primary N) is 1. The van der Waals surface area contributed by atoms with Gasteiger partial charge in [-0.3, -0.25) is 11.3 Å². The molecule has 2 nitrogen and oxygen atoms in total. The molecule has 1 unspecified atom stereocenters. The van der Waals surface area contributed by atoms with Gasteiger partial charge in [-0.2, -0.15) is 0 Å². The van der Waals surface area contributed by atoms with Crippen LogP contribution in [0.1, 0.15) is 28.3 Å². The highest BCUT2D eigenvalue weighted by Crippen LogP contribution is 2.29. The molecular weight excluding hydrogens is 310 g/mol. The molecule has 1 atom stereocenters. The fourth-order valence-corrected chi connectivity index (χ4v) is 3.01. The lowest BCUT2D eigenvalue weighted by Crippen LogP contribution is -2.31. The van der Waals surface area contributed by atoms with Crippen molar-refractivity contribution in [3.05, 3.63) is 68.4 Å². The molecule has 3 N–H and O–H groups in total. The van der Waals surface area contributed by atoms with Crippen molar-refractivity contribution in [1.29, 1.82) is 0 Å². The van der Waals surface area contributed by atoms with Crippen molar-refractivity contribution >= 4 is 23.2 Å². The fourth-order valence-electron chi connectivity index (χ4n) is 2.52. The lowest BCUT2D eigenvalue weighted by Gasteiger charge is -2.20. The lowest BCUT2D eigenvalue weighted by atomic mass is 9.94. The molecule has 0 amide bonds. The van der Waals surface area contributed by atoms with Gasteiger partial charge < -0.3 is 0 Å². The van der Waals surface area contributed by atoms with Crippen LogP contribution in [-0.2, 0) is 6.42 Å². The Balaban J connectivity index is 2.37. The average Bonchev–Trinajstić information content (AvgIpc) is 2.39. The van der Waals surface area contributed by atoms with E-state index in [1.807, 2.05) is 26.0 Å². The maximum absolute atomic E-state index is 14.3. The second-order valence-corrected chi connectivity index (χ2v) is 5.98. The number of halogens is 3. The van der Waals surface area contributed by atoms with Gasteiger partial charge in [0.2, 0.25) is 0 Å². The van der Waals surface area contributed by atoms with Crippen LogP contribution in [0.15, 0.2) is 30.3 Å². The third-order valence-corrected chi connectivity index (χ3v) is 4.06. The zero-order valence-electron chi connectivity index (χ0n) is 11.9. The molecule has 112 valence electrons. The van der Waals surface area contributed by atoms with E-state index in [4.69, 9.17) is 29.0 Å². The summed E-state index contributed by atoms with van der Waals surface area (Å²) in [6, 6.07) is 8.35. The topological polar surface area (TPSA) is 38.0 Å². The molecule has 0 heterocycles. The number of hydrogen-bond acceptors (Lipinski definition) is 2. The Morgan fingerprint density at radius 2 is 1.90 bits per heavy atom. The van der Waals surface area contributed by atoms with Crippen molar-refractivity contribution in [1.82, 2.24) is 5.43 Å². The predicted molar refractivity (Wildman–Crippen MR) is 86.1 cm³/mol. The number of hydrogen-bond donors (Lipinski definition) is 2. The minimum absolute atomic E-state index is 0.263. The van der Waals surface area contributed by atoms with Crippen LogP contribution < -0.4 is 11.3 Å². The van der Waals surface area contributed by atoms with Crippen LogP contribution >= 0.6 is 23.2 Å². The Morgan fingerprint density at radius 3 is 2.48 bits per heavy atom. The standard InChI is InChI=1S/C16H17Cl2FN2/c1-9-5-10(2)16(14(19)6-9)15(21-20)7-11-3-4-12(17)8-13(11)18/h3-6,8,15,21H,7,20H2,1-2H3. The molecule has 0 saturated heterocycles. The van der Waals surface area contributed by atoms with Crippen LogP contribution in [0.4, 0.5) is 4.39 Å². The van der Waals surface area contributed by atoms with Crippen molar-refractivity contribution in [2.45, 2.75) is 26.3 Å². The van der Waals surface area contributed by atoms with Crippen molar-refractivity contribution in [2.75, 3.05) is 0 Å². The molecule has 0 aromatic heterocycles. The van der Waals surface area contributed by atoms with Gasteiger partial charge >= 0.3 is 0 Å². The number of aryl methyl sites for hydroxylation is 2. The molecule has 0 bridgehead atoms. The SMILES string of the molecule is Cc1cc(C)c(C(Cc2ccc(Cl)cc2Cl)NN)c(F)c1. The monoisotopic (exact) mass is 326 g/mol. The zero-order valence-corrected chi connectivity index (χ0v) is 13.4. The lowest BCUT2D eigenvalue weighted by molar-refractivity contribution is 0.507. The highest BCUT2D eigenvalue weighted by atomic mass is 35.5. The summed E-state index contributed by atoms with van der Waals surface area (Å²) in [6.45, 7) is 3.74. The normalized spacial score (nSPS) is 12.5. The van der Waals surface area contributed by atoms with E-state index in [1.54, 1.807) is 12.1 Å². The smallest absolute Gasteiger partial charge is 0.128 e.